The summed E-state index contributed by atoms with van der Waals surface area (Å²) in [5, 5.41) is 2.92. The van der Waals surface area contributed by atoms with E-state index in [1.807, 2.05) is 0 Å². The van der Waals surface area contributed by atoms with E-state index in [0.717, 1.165) is 13.1 Å². The molecule has 0 spiro atoms. The van der Waals surface area contributed by atoms with Crippen LogP contribution in [-0.2, 0) is 4.79 Å². The Morgan fingerprint density at radius 1 is 1.44 bits per heavy atom. The van der Waals surface area contributed by atoms with E-state index in [0.29, 0.717) is 24.9 Å². The van der Waals surface area contributed by atoms with Crippen molar-refractivity contribution in [1.82, 2.24) is 10.2 Å². The standard InChI is InChI=1S/C14H25N3O/c1-4-7-12(15)14(18)16-10-13(11(2)3)17-8-5-6-9-17/h1,11-13H,5-10,15H2,2-3H3,(H,16,18). The van der Waals surface area contributed by atoms with E-state index in [9.17, 15) is 4.79 Å². The summed E-state index contributed by atoms with van der Waals surface area (Å²) in [6.45, 7) is 7.31. The van der Waals surface area contributed by atoms with Gasteiger partial charge in [0.05, 0.1) is 6.04 Å². The maximum atomic E-state index is 11.7. The fraction of sp³-hybridized carbons (Fsp3) is 0.786. The molecule has 0 radical (unpaired) electrons. The molecule has 0 bridgehead atoms. The number of nitrogens with zero attached hydrogens (tertiary/aromatic N) is 1. The molecule has 4 nitrogen and oxygen atoms in total. The maximum absolute atomic E-state index is 11.7. The monoisotopic (exact) mass is 251 g/mol. The van der Waals surface area contributed by atoms with E-state index in [2.05, 4.69) is 30.0 Å². The van der Waals surface area contributed by atoms with Crippen LogP contribution in [0, 0.1) is 18.3 Å². The van der Waals surface area contributed by atoms with Gasteiger partial charge in [-0.2, -0.15) is 0 Å². The quantitative estimate of drug-likeness (QED) is 0.679. The highest BCUT2D eigenvalue weighted by atomic mass is 16.2. The number of hydrogen-bond donors (Lipinski definition) is 2. The summed E-state index contributed by atoms with van der Waals surface area (Å²) in [5.41, 5.74) is 5.68. The first-order chi connectivity index (χ1) is 8.56. The normalized spacial score (nSPS) is 19.5. The summed E-state index contributed by atoms with van der Waals surface area (Å²) in [6, 6.07) is -0.184. The first kappa shape index (κ1) is 15.0. The highest BCUT2D eigenvalue weighted by Gasteiger charge is 2.25. The third-order valence-electron chi connectivity index (χ3n) is 3.54. The second-order valence-electron chi connectivity index (χ2n) is 5.31. The van der Waals surface area contributed by atoms with Crippen LogP contribution in [0.15, 0.2) is 0 Å². The van der Waals surface area contributed by atoms with Crippen LogP contribution >= 0.6 is 0 Å². The third kappa shape index (κ3) is 4.32. The highest BCUT2D eigenvalue weighted by Crippen LogP contribution is 2.17. The van der Waals surface area contributed by atoms with Gasteiger partial charge in [0.1, 0.15) is 0 Å². The van der Waals surface area contributed by atoms with E-state index in [1.54, 1.807) is 0 Å². The van der Waals surface area contributed by atoms with Crippen LogP contribution in [0.1, 0.15) is 33.1 Å². The number of nitrogens with one attached hydrogen (secondary N) is 1. The Morgan fingerprint density at radius 2 is 2.06 bits per heavy atom. The fourth-order valence-corrected chi connectivity index (χ4v) is 2.42. The van der Waals surface area contributed by atoms with Crippen molar-refractivity contribution in [1.29, 1.82) is 0 Å². The minimum atomic E-state index is -0.582. The highest BCUT2D eigenvalue weighted by molar-refractivity contribution is 5.81. The zero-order chi connectivity index (χ0) is 13.5. The molecule has 0 aromatic rings. The van der Waals surface area contributed by atoms with E-state index in [4.69, 9.17) is 12.2 Å². The molecular formula is C14H25N3O. The number of hydrogen-bond acceptors (Lipinski definition) is 3. The molecule has 0 aliphatic carbocycles. The number of carbonyl (C=O) groups is 1. The van der Waals surface area contributed by atoms with Crippen LogP contribution < -0.4 is 11.1 Å². The van der Waals surface area contributed by atoms with Crippen LogP contribution in [0.3, 0.4) is 0 Å². The number of amides is 1. The Labute approximate surface area is 110 Å². The fourth-order valence-electron chi connectivity index (χ4n) is 2.42. The minimum absolute atomic E-state index is 0.141. The van der Waals surface area contributed by atoms with Gasteiger partial charge in [0.2, 0.25) is 5.91 Å². The molecule has 1 aliphatic rings. The number of carbonyl (C=O) groups excluding carboxylic acids is 1. The van der Waals surface area contributed by atoms with Crippen LogP contribution in [0.5, 0.6) is 0 Å². The van der Waals surface area contributed by atoms with Crippen molar-refractivity contribution in [3.05, 3.63) is 0 Å². The van der Waals surface area contributed by atoms with E-state index in [1.165, 1.54) is 12.8 Å². The van der Waals surface area contributed by atoms with Crippen molar-refractivity contribution in [3.8, 4) is 12.3 Å². The predicted molar refractivity (Wildman–Crippen MR) is 73.9 cm³/mol. The summed E-state index contributed by atoms with van der Waals surface area (Å²) in [6.07, 6.45) is 7.96. The lowest BCUT2D eigenvalue weighted by Gasteiger charge is -2.31. The van der Waals surface area contributed by atoms with Crippen LogP contribution in [0.4, 0.5) is 0 Å². The molecule has 0 aromatic carbocycles. The summed E-state index contributed by atoms with van der Waals surface area (Å²) < 4.78 is 0. The van der Waals surface area contributed by atoms with E-state index < -0.39 is 6.04 Å². The van der Waals surface area contributed by atoms with Crippen molar-refractivity contribution in [3.63, 3.8) is 0 Å². The number of terminal acetylenes is 1. The maximum Gasteiger partial charge on any atom is 0.237 e. The second-order valence-corrected chi connectivity index (χ2v) is 5.31. The Kier molecular flexibility index (Phi) is 6.17. The number of rotatable bonds is 6. The van der Waals surface area contributed by atoms with E-state index >= 15 is 0 Å². The lowest BCUT2D eigenvalue weighted by molar-refractivity contribution is -0.122. The van der Waals surface area contributed by atoms with Crippen molar-refractivity contribution >= 4 is 5.91 Å². The van der Waals surface area contributed by atoms with Gasteiger partial charge in [0.25, 0.3) is 0 Å². The predicted octanol–water partition coefficient (Wildman–Crippen LogP) is 0.574. The molecule has 1 saturated heterocycles. The Bertz CT molecular complexity index is 303. The lowest BCUT2D eigenvalue weighted by atomic mass is 10.0. The van der Waals surface area contributed by atoms with Gasteiger partial charge < -0.3 is 11.1 Å². The first-order valence-corrected chi connectivity index (χ1v) is 6.77. The average molecular weight is 251 g/mol. The van der Waals surface area contributed by atoms with Crippen LogP contribution in [-0.4, -0.2) is 42.5 Å². The Morgan fingerprint density at radius 3 is 2.56 bits per heavy atom. The molecule has 2 atom stereocenters. The minimum Gasteiger partial charge on any atom is -0.353 e. The van der Waals surface area contributed by atoms with Crippen LogP contribution in [0.2, 0.25) is 0 Å². The number of nitrogens with two attached hydrogens (primary N) is 1. The summed E-state index contributed by atoms with van der Waals surface area (Å²) in [7, 11) is 0. The molecule has 0 aromatic heterocycles. The molecule has 0 saturated carbocycles. The number of likely N-dealkylation sites (tertiary alicyclic amines) is 1. The summed E-state index contributed by atoms with van der Waals surface area (Å²) >= 11 is 0. The van der Waals surface area contributed by atoms with Crippen molar-refractivity contribution in [2.24, 2.45) is 11.7 Å². The summed E-state index contributed by atoms with van der Waals surface area (Å²) in [5.74, 6) is 2.80. The van der Waals surface area contributed by atoms with E-state index in [-0.39, 0.29) is 5.91 Å². The van der Waals surface area contributed by atoms with Gasteiger partial charge >= 0.3 is 0 Å². The van der Waals surface area contributed by atoms with Crippen molar-refractivity contribution in [2.45, 2.75) is 45.2 Å². The molecule has 2 unspecified atom stereocenters. The van der Waals surface area contributed by atoms with Gasteiger partial charge in [-0.05, 0) is 31.8 Å². The van der Waals surface area contributed by atoms with Gasteiger partial charge in [-0.3, -0.25) is 9.69 Å². The zero-order valence-corrected chi connectivity index (χ0v) is 11.5. The van der Waals surface area contributed by atoms with Crippen molar-refractivity contribution < 1.29 is 4.79 Å². The van der Waals surface area contributed by atoms with Gasteiger partial charge in [0.15, 0.2) is 0 Å². The molecule has 1 amide bonds. The Hall–Kier alpha value is -1.05. The SMILES string of the molecule is C#CCC(N)C(=O)NCC(C(C)C)N1CCCC1. The van der Waals surface area contributed by atoms with Gasteiger partial charge in [0, 0.05) is 19.0 Å². The molecule has 18 heavy (non-hydrogen) atoms. The first-order valence-electron chi connectivity index (χ1n) is 6.77. The average Bonchev–Trinajstić information content (AvgIpc) is 2.82. The Balaban J connectivity index is 2.42. The lowest BCUT2D eigenvalue weighted by Crippen LogP contribution is -2.49. The largest absolute Gasteiger partial charge is 0.353 e. The van der Waals surface area contributed by atoms with Gasteiger partial charge in [-0.15, -0.1) is 12.3 Å². The third-order valence-corrected chi connectivity index (χ3v) is 3.54. The zero-order valence-electron chi connectivity index (χ0n) is 11.5. The van der Waals surface area contributed by atoms with Crippen LogP contribution in [0.25, 0.3) is 0 Å². The molecular weight excluding hydrogens is 226 g/mol. The molecule has 1 heterocycles. The smallest absolute Gasteiger partial charge is 0.237 e. The van der Waals surface area contributed by atoms with Gasteiger partial charge in [-0.1, -0.05) is 13.8 Å². The van der Waals surface area contributed by atoms with Gasteiger partial charge in [-0.25, -0.2) is 0 Å². The molecule has 1 rings (SSSR count). The van der Waals surface area contributed by atoms with Crippen molar-refractivity contribution in [2.75, 3.05) is 19.6 Å². The molecule has 1 fully saturated rings. The molecule has 3 N–H and O–H groups in total. The molecule has 102 valence electrons. The summed E-state index contributed by atoms with van der Waals surface area (Å²) in [4.78, 5) is 14.2. The second kappa shape index (κ2) is 7.40. The topological polar surface area (TPSA) is 58.4 Å². The molecule has 1 aliphatic heterocycles. The molecule has 4 heteroatoms.